The van der Waals surface area contributed by atoms with E-state index in [4.69, 9.17) is 0 Å². The van der Waals surface area contributed by atoms with E-state index in [-0.39, 0.29) is 12.1 Å². The lowest BCUT2D eigenvalue weighted by molar-refractivity contribution is 0.0935. The highest BCUT2D eigenvalue weighted by molar-refractivity contribution is 9.10. The van der Waals surface area contributed by atoms with Gasteiger partial charge in [0.2, 0.25) is 0 Å². The second kappa shape index (κ2) is 6.49. The number of carbonyl (C=O) groups is 1. The van der Waals surface area contributed by atoms with Crippen LogP contribution in [0.1, 0.15) is 27.7 Å². The molecule has 0 bridgehead atoms. The number of nitrogens with zero attached hydrogens (tertiary/aromatic N) is 1. The van der Waals surface area contributed by atoms with Crippen molar-refractivity contribution < 1.29 is 4.79 Å². The normalized spacial score (nSPS) is 15.8. The number of H-pyrrole nitrogens is 1. The molecular weight excluding hydrogens is 416 g/mol. The topological polar surface area (TPSA) is 69.8 Å². The lowest BCUT2D eigenvalue weighted by Gasteiger charge is -2.29. The number of benzene rings is 3. The third kappa shape index (κ3) is 2.68. The zero-order chi connectivity index (χ0) is 19.3. The number of hydrogen-bond acceptors (Lipinski definition) is 3. The van der Waals surface area contributed by atoms with Crippen LogP contribution in [0.3, 0.4) is 0 Å². The van der Waals surface area contributed by atoms with E-state index < -0.39 is 0 Å². The zero-order valence-electron chi connectivity index (χ0n) is 15.1. The Morgan fingerprint density at radius 1 is 1.00 bits per heavy atom. The number of amides is 1. The minimum absolute atomic E-state index is 0.104. The molecule has 28 heavy (non-hydrogen) atoms. The van der Waals surface area contributed by atoms with Gasteiger partial charge in [0, 0.05) is 15.6 Å². The average Bonchev–Trinajstić information content (AvgIpc) is 3.18. The van der Waals surface area contributed by atoms with Gasteiger partial charge >= 0.3 is 0 Å². The number of hydrogen-bond donors (Lipinski definition) is 3. The Balaban J connectivity index is 1.61. The molecule has 1 unspecified atom stereocenters. The SMILES string of the molecule is Cc1cc(Br)cc2c1NC(c1cn[nH]c1-c1cccc3ccccc13)NC2=O. The van der Waals surface area contributed by atoms with Gasteiger partial charge in [0.1, 0.15) is 6.17 Å². The molecule has 0 saturated carbocycles. The van der Waals surface area contributed by atoms with Crippen LogP contribution in [0.4, 0.5) is 5.69 Å². The number of aromatic nitrogens is 2. The molecule has 1 atom stereocenters. The molecule has 0 spiro atoms. The average molecular weight is 433 g/mol. The van der Waals surface area contributed by atoms with Crippen molar-refractivity contribution in [1.82, 2.24) is 15.5 Å². The number of nitrogens with one attached hydrogen (secondary N) is 3. The standard InChI is InChI=1S/C22H17BrN4O/c1-12-9-14(23)10-17-19(12)25-21(26-22(17)28)18-11-24-27-20(18)16-8-4-6-13-5-2-3-7-15(13)16/h2-11,21,25H,1H3,(H,24,27)(H,26,28). The van der Waals surface area contributed by atoms with E-state index >= 15 is 0 Å². The third-order valence-corrected chi connectivity index (χ3v) is 5.61. The van der Waals surface area contributed by atoms with E-state index in [1.807, 2.05) is 37.3 Å². The Labute approximate surface area is 170 Å². The van der Waals surface area contributed by atoms with Crippen molar-refractivity contribution in [2.75, 3.05) is 5.32 Å². The van der Waals surface area contributed by atoms with Crippen molar-refractivity contribution in [3.63, 3.8) is 0 Å². The van der Waals surface area contributed by atoms with Crippen LogP contribution >= 0.6 is 15.9 Å². The number of rotatable bonds is 2. The summed E-state index contributed by atoms with van der Waals surface area (Å²) in [7, 11) is 0. The Morgan fingerprint density at radius 2 is 1.82 bits per heavy atom. The quantitative estimate of drug-likeness (QED) is 0.409. The molecule has 138 valence electrons. The van der Waals surface area contributed by atoms with Crippen molar-refractivity contribution in [2.45, 2.75) is 13.1 Å². The molecule has 1 amide bonds. The molecule has 1 aliphatic heterocycles. The molecule has 0 aliphatic carbocycles. The molecule has 3 N–H and O–H groups in total. The lowest BCUT2D eigenvalue weighted by Crippen LogP contribution is -2.38. The summed E-state index contributed by atoms with van der Waals surface area (Å²) in [5.41, 5.74) is 5.35. The maximum atomic E-state index is 12.8. The van der Waals surface area contributed by atoms with Crippen LogP contribution in [0.25, 0.3) is 22.0 Å². The van der Waals surface area contributed by atoms with Crippen molar-refractivity contribution >= 4 is 38.3 Å². The minimum atomic E-state index is -0.368. The van der Waals surface area contributed by atoms with Crippen LogP contribution in [0.5, 0.6) is 0 Å². The van der Waals surface area contributed by atoms with Crippen LogP contribution in [-0.4, -0.2) is 16.1 Å². The van der Waals surface area contributed by atoms with E-state index in [9.17, 15) is 4.79 Å². The Morgan fingerprint density at radius 3 is 2.71 bits per heavy atom. The number of carbonyl (C=O) groups excluding carboxylic acids is 1. The van der Waals surface area contributed by atoms with E-state index in [0.717, 1.165) is 43.3 Å². The predicted octanol–water partition coefficient (Wildman–Crippen LogP) is 5.15. The minimum Gasteiger partial charge on any atom is -0.361 e. The molecular formula is C22H17BrN4O. The van der Waals surface area contributed by atoms with Crippen LogP contribution in [0.15, 0.2) is 65.3 Å². The molecule has 3 aromatic carbocycles. The molecule has 0 saturated heterocycles. The third-order valence-electron chi connectivity index (χ3n) is 5.15. The van der Waals surface area contributed by atoms with Crippen LogP contribution in [-0.2, 0) is 0 Å². The Kier molecular flexibility index (Phi) is 3.94. The Hall–Kier alpha value is -3.12. The molecule has 6 heteroatoms. The van der Waals surface area contributed by atoms with Gasteiger partial charge in [-0.15, -0.1) is 0 Å². The highest BCUT2D eigenvalue weighted by Gasteiger charge is 2.29. The molecule has 0 radical (unpaired) electrons. The predicted molar refractivity (Wildman–Crippen MR) is 114 cm³/mol. The molecule has 5 rings (SSSR count). The van der Waals surface area contributed by atoms with E-state index in [1.54, 1.807) is 6.20 Å². The molecule has 0 fully saturated rings. The van der Waals surface area contributed by atoms with Gasteiger partial charge in [-0.05, 0) is 35.4 Å². The van der Waals surface area contributed by atoms with Crippen molar-refractivity contribution in [2.24, 2.45) is 0 Å². The summed E-state index contributed by atoms with van der Waals surface area (Å²) in [5.74, 6) is -0.104. The second-order valence-electron chi connectivity index (χ2n) is 6.92. The molecule has 5 nitrogen and oxygen atoms in total. The Bertz CT molecular complexity index is 1230. The monoisotopic (exact) mass is 432 g/mol. The summed E-state index contributed by atoms with van der Waals surface area (Å²) in [5, 5.41) is 16.2. The zero-order valence-corrected chi connectivity index (χ0v) is 16.7. The number of aryl methyl sites for hydroxylation is 1. The van der Waals surface area contributed by atoms with Gasteiger partial charge < -0.3 is 10.6 Å². The first-order valence-corrected chi connectivity index (χ1v) is 9.80. The van der Waals surface area contributed by atoms with E-state index in [2.05, 4.69) is 61.0 Å². The fraction of sp³-hybridized carbons (Fsp3) is 0.0909. The fourth-order valence-corrected chi connectivity index (χ4v) is 4.40. The van der Waals surface area contributed by atoms with Gasteiger partial charge in [0.15, 0.2) is 0 Å². The summed E-state index contributed by atoms with van der Waals surface area (Å²) >= 11 is 3.46. The summed E-state index contributed by atoms with van der Waals surface area (Å²) in [4.78, 5) is 12.8. The molecule has 4 aromatic rings. The summed E-state index contributed by atoms with van der Waals surface area (Å²) in [6, 6.07) is 18.3. The number of anilines is 1. The van der Waals surface area contributed by atoms with Crippen LogP contribution in [0, 0.1) is 6.92 Å². The number of fused-ring (bicyclic) bond motifs is 2. The first-order chi connectivity index (χ1) is 13.6. The molecule has 1 aliphatic rings. The van der Waals surface area contributed by atoms with Gasteiger partial charge in [0.05, 0.1) is 23.1 Å². The number of halogens is 1. The van der Waals surface area contributed by atoms with Crippen LogP contribution < -0.4 is 10.6 Å². The second-order valence-corrected chi connectivity index (χ2v) is 7.84. The van der Waals surface area contributed by atoms with Gasteiger partial charge in [-0.3, -0.25) is 9.89 Å². The van der Waals surface area contributed by atoms with E-state index in [1.165, 1.54) is 0 Å². The summed E-state index contributed by atoms with van der Waals surface area (Å²) in [6.45, 7) is 1.99. The summed E-state index contributed by atoms with van der Waals surface area (Å²) < 4.78 is 0.888. The van der Waals surface area contributed by atoms with Gasteiger partial charge in [-0.2, -0.15) is 5.10 Å². The van der Waals surface area contributed by atoms with Gasteiger partial charge in [-0.1, -0.05) is 58.4 Å². The van der Waals surface area contributed by atoms with Crippen molar-refractivity contribution in [3.8, 4) is 11.3 Å². The number of aromatic amines is 1. The molecule has 2 heterocycles. The van der Waals surface area contributed by atoms with Crippen molar-refractivity contribution in [1.29, 1.82) is 0 Å². The van der Waals surface area contributed by atoms with E-state index in [0.29, 0.717) is 5.56 Å². The lowest BCUT2D eigenvalue weighted by atomic mass is 9.97. The fourth-order valence-electron chi connectivity index (χ4n) is 3.83. The highest BCUT2D eigenvalue weighted by atomic mass is 79.9. The largest absolute Gasteiger partial charge is 0.361 e. The van der Waals surface area contributed by atoms with Crippen molar-refractivity contribution in [3.05, 3.63) is 82.0 Å². The van der Waals surface area contributed by atoms with Gasteiger partial charge in [-0.25, -0.2) is 0 Å². The maximum Gasteiger partial charge on any atom is 0.255 e. The maximum absolute atomic E-state index is 12.8. The van der Waals surface area contributed by atoms with Gasteiger partial charge in [0.25, 0.3) is 5.91 Å². The molecule has 1 aromatic heterocycles. The smallest absolute Gasteiger partial charge is 0.255 e. The highest BCUT2D eigenvalue weighted by Crippen LogP contribution is 2.36. The van der Waals surface area contributed by atoms with Crippen LogP contribution in [0.2, 0.25) is 0 Å². The first-order valence-electron chi connectivity index (χ1n) is 9.01. The first kappa shape index (κ1) is 17.0. The summed E-state index contributed by atoms with van der Waals surface area (Å²) in [6.07, 6.45) is 1.40.